The zero-order valence-electron chi connectivity index (χ0n) is 18.1. The van der Waals surface area contributed by atoms with E-state index >= 15 is 0 Å². The number of nitrogens with one attached hydrogen (secondary N) is 1. The molecule has 6 nitrogen and oxygen atoms in total. The zero-order valence-corrected chi connectivity index (χ0v) is 18.1. The smallest absolute Gasteiger partial charge is 0.251 e. The van der Waals surface area contributed by atoms with Gasteiger partial charge in [-0.05, 0) is 42.3 Å². The van der Waals surface area contributed by atoms with Crippen LogP contribution in [0.2, 0.25) is 0 Å². The molecule has 1 heterocycles. The molecule has 1 aromatic heterocycles. The van der Waals surface area contributed by atoms with E-state index in [1.54, 1.807) is 31.2 Å². The molecule has 6 heteroatoms. The standard InChI is InChI=1S/C26H25N3O3/c1-18(25(20-9-5-3-6-10-20)21-11-7-4-8-12-21)27-26(30)22-13-15-23(16-14-22)31-17-24-28-19(2)32-29-24/h3-16,18,25H,17H2,1-2H3,(H,27,30). The molecule has 0 bridgehead atoms. The molecule has 1 amide bonds. The van der Waals surface area contributed by atoms with Crippen LogP contribution >= 0.6 is 0 Å². The molecule has 1 atom stereocenters. The van der Waals surface area contributed by atoms with Crippen LogP contribution in [0.3, 0.4) is 0 Å². The molecule has 4 rings (SSSR count). The van der Waals surface area contributed by atoms with Crippen molar-refractivity contribution in [3.8, 4) is 5.75 Å². The maximum absolute atomic E-state index is 12.9. The summed E-state index contributed by atoms with van der Waals surface area (Å²) in [6, 6.07) is 27.4. The van der Waals surface area contributed by atoms with Crippen molar-refractivity contribution in [1.29, 1.82) is 0 Å². The summed E-state index contributed by atoms with van der Waals surface area (Å²) in [5, 5.41) is 6.96. The molecule has 0 radical (unpaired) electrons. The van der Waals surface area contributed by atoms with Gasteiger partial charge in [0.15, 0.2) is 6.61 Å². The lowest BCUT2D eigenvalue weighted by Gasteiger charge is -2.26. The molecule has 32 heavy (non-hydrogen) atoms. The highest BCUT2D eigenvalue weighted by Gasteiger charge is 2.23. The van der Waals surface area contributed by atoms with Crippen molar-refractivity contribution in [2.75, 3.05) is 0 Å². The van der Waals surface area contributed by atoms with Crippen molar-refractivity contribution in [3.05, 3.63) is 113 Å². The summed E-state index contributed by atoms with van der Waals surface area (Å²) < 4.78 is 10.6. The van der Waals surface area contributed by atoms with Gasteiger partial charge in [0.05, 0.1) is 0 Å². The highest BCUT2D eigenvalue weighted by atomic mass is 16.5. The van der Waals surface area contributed by atoms with E-state index in [1.807, 2.05) is 43.3 Å². The van der Waals surface area contributed by atoms with E-state index in [0.29, 0.717) is 23.0 Å². The molecule has 0 saturated carbocycles. The van der Waals surface area contributed by atoms with Crippen molar-refractivity contribution >= 4 is 5.91 Å². The molecule has 0 spiro atoms. The van der Waals surface area contributed by atoms with Gasteiger partial charge in [-0.1, -0.05) is 65.8 Å². The number of hydrogen-bond donors (Lipinski definition) is 1. The Bertz CT molecular complexity index is 1100. The summed E-state index contributed by atoms with van der Waals surface area (Å²) in [5.41, 5.74) is 2.89. The second kappa shape index (κ2) is 9.92. The van der Waals surface area contributed by atoms with E-state index in [4.69, 9.17) is 9.26 Å². The summed E-state index contributed by atoms with van der Waals surface area (Å²) in [6.07, 6.45) is 0. The third kappa shape index (κ3) is 5.21. The lowest BCUT2D eigenvalue weighted by atomic mass is 9.85. The van der Waals surface area contributed by atoms with Crippen LogP contribution in [0.1, 0.15) is 46.0 Å². The van der Waals surface area contributed by atoms with E-state index in [1.165, 1.54) is 0 Å². The van der Waals surface area contributed by atoms with Crippen LogP contribution in [0.5, 0.6) is 5.75 Å². The predicted octanol–water partition coefficient (Wildman–Crippen LogP) is 4.91. The molecule has 3 aromatic carbocycles. The molecule has 0 aliphatic carbocycles. The Morgan fingerprint density at radius 2 is 1.53 bits per heavy atom. The normalized spacial score (nSPS) is 11.8. The van der Waals surface area contributed by atoms with Gasteiger partial charge in [-0.25, -0.2) is 0 Å². The monoisotopic (exact) mass is 427 g/mol. The van der Waals surface area contributed by atoms with Crippen LogP contribution in [-0.2, 0) is 6.61 Å². The number of aryl methyl sites for hydroxylation is 1. The van der Waals surface area contributed by atoms with Crippen LogP contribution < -0.4 is 10.1 Å². The minimum Gasteiger partial charge on any atom is -0.485 e. The quantitative estimate of drug-likeness (QED) is 0.432. The summed E-state index contributed by atoms with van der Waals surface area (Å²) >= 11 is 0. The highest BCUT2D eigenvalue weighted by Crippen LogP contribution is 2.28. The van der Waals surface area contributed by atoms with Gasteiger partial charge >= 0.3 is 0 Å². The van der Waals surface area contributed by atoms with Gasteiger partial charge < -0.3 is 14.6 Å². The van der Waals surface area contributed by atoms with Crippen LogP contribution in [0.4, 0.5) is 0 Å². The van der Waals surface area contributed by atoms with Gasteiger partial charge in [-0.3, -0.25) is 4.79 Å². The lowest BCUT2D eigenvalue weighted by Crippen LogP contribution is -2.37. The summed E-state index contributed by atoms with van der Waals surface area (Å²) in [4.78, 5) is 17.0. The SMILES string of the molecule is Cc1nc(COc2ccc(C(=O)NC(C)C(c3ccccc3)c3ccccc3)cc2)no1. The molecular formula is C26H25N3O3. The van der Waals surface area contributed by atoms with E-state index in [9.17, 15) is 4.79 Å². The van der Waals surface area contributed by atoms with Crippen LogP contribution in [0.25, 0.3) is 0 Å². The Morgan fingerprint density at radius 1 is 0.938 bits per heavy atom. The minimum atomic E-state index is -0.130. The van der Waals surface area contributed by atoms with Crippen LogP contribution in [0.15, 0.2) is 89.5 Å². The first-order valence-electron chi connectivity index (χ1n) is 10.5. The maximum Gasteiger partial charge on any atom is 0.251 e. The largest absolute Gasteiger partial charge is 0.485 e. The number of nitrogens with zero attached hydrogens (tertiary/aromatic N) is 2. The molecule has 4 aromatic rings. The van der Waals surface area contributed by atoms with Gasteiger partial charge in [0.1, 0.15) is 5.75 Å². The highest BCUT2D eigenvalue weighted by molar-refractivity contribution is 5.94. The minimum absolute atomic E-state index is 0.0439. The van der Waals surface area contributed by atoms with Crippen molar-refractivity contribution in [2.45, 2.75) is 32.4 Å². The fraction of sp³-hybridized carbons (Fsp3) is 0.192. The fourth-order valence-corrected chi connectivity index (χ4v) is 3.71. The first kappa shape index (κ1) is 21.3. The van der Waals surface area contributed by atoms with Gasteiger partial charge in [0, 0.05) is 24.4 Å². The third-order valence-electron chi connectivity index (χ3n) is 5.23. The molecule has 0 fully saturated rings. The number of hydrogen-bond acceptors (Lipinski definition) is 5. The van der Waals surface area contributed by atoms with Crippen molar-refractivity contribution in [2.24, 2.45) is 0 Å². The third-order valence-corrected chi connectivity index (χ3v) is 5.23. The number of aromatic nitrogens is 2. The molecule has 1 unspecified atom stereocenters. The van der Waals surface area contributed by atoms with Gasteiger partial charge in [-0.2, -0.15) is 4.98 Å². The Morgan fingerprint density at radius 3 is 2.06 bits per heavy atom. The molecule has 162 valence electrons. The molecule has 1 N–H and O–H groups in total. The van der Waals surface area contributed by atoms with E-state index in [-0.39, 0.29) is 24.5 Å². The predicted molar refractivity (Wildman–Crippen MR) is 121 cm³/mol. The number of carbonyl (C=O) groups excluding carboxylic acids is 1. The van der Waals surface area contributed by atoms with Crippen molar-refractivity contribution in [1.82, 2.24) is 15.5 Å². The summed E-state index contributed by atoms with van der Waals surface area (Å²) in [5.74, 6) is 1.51. The lowest BCUT2D eigenvalue weighted by molar-refractivity contribution is 0.0937. The molecule has 0 aliphatic heterocycles. The molecular weight excluding hydrogens is 402 g/mol. The second-order valence-electron chi connectivity index (χ2n) is 7.60. The van der Waals surface area contributed by atoms with Crippen LogP contribution in [-0.4, -0.2) is 22.1 Å². The zero-order chi connectivity index (χ0) is 22.3. The van der Waals surface area contributed by atoms with E-state index in [0.717, 1.165) is 11.1 Å². The second-order valence-corrected chi connectivity index (χ2v) is 7.60. The van der Waals surface area contributed by atoms with Crippen LogP contribution in [0, 0.1) is 6.92 Å². The van der Waals surface area contributed by atoms with Crippen molar-refractivity contribution in [3.63, 3.8) is 0 Å². The van der Waals surface area contributed by atoms with Gasteiger partial charge in [0.25, 0.3) is 5.91 Å². The Balaban J connectivity index is 1.43. The van der Waals surface area contributed by atoms with Crippen molar-refractivity contribution < 1.29 is 14.1 Å². The summed E-state index contributed by atoms with van der Waals surface area (Å²) in [7, 11) is 0. The Labute approximate surface area is 187 Å². The molecule has 0 aliphatic rings. The topological polar surface area (TPSA) is 77.2 Å². The van der Waals surface area contributed by atoms with E-state index < -0.39 is 0 Å². The maximum atomic E-state index is 12.9. The number of rotatable bonds is 8. The fourth-order valence-electron chi connectivity index (χ4n) is 3.71. The Kier molecular flexibility index (Phi) is 6.60. The average molecular weight is 428 g/mol. The number of amides is 1. The average Bonchev–Trinajstić information content (AvgIpc) is 3.24. The van der Waals surface area contributed by atoms with E-state index in [2.05, 4.69) is 39.7 Å². The number of ether oxygens (including phenoxy) is 1. The first-order valence-corrected chi connectivity index (χ1v) is 10.5. The molecule has 0 saturated heterocycles. The van der Waals surface area contributed by atoms with Gasteiger partial charge in [-0.15, -0.1) is 0 Å². The van der Waals surface area contributed by atoms with Gasteiger partial charge in [0.2, 0.25) is 11.7 Å². The Hall–Kier alpha value is -3.93. The first-order chi connectivity index (χ1) is 15.6. The number of benzene rings is 3. The summed E-state index contributed by atoms with van der Waals surface area (Å²) in [6.45, 7) is 3.97. The number of carbonyl (C=O) groups is 1.